The minimum absolute atomic E-state index is 0.0464. The van der Waals surface area contributed by atoms with Crippen LogP contribution in [0, 0.1) is 0 Å². The van der Waals surface area contributed by atoms with Crippen LogP contribution in [-0.2, 0) is 10.8 Å². The molecule has 22 aromatic rings. The van der Waals surface area contributed by atoms with Crippen molar-refractivity contribution >= 4 is 0 Å². The van der Waals surface area contributed by atoms with Crippen LogP contribution < -0.4 is 0 Å². The maximum Gasteiger partial charge on any atom is 0.164 e. The molecule has 0 saturated heterocycles. The van der Waals surface area contributed by atoms with E-state index in [0.717, 1.165) is 117 Å². The Labute approximate surface area is 805 Å². The van der Waals surface area contributed by atoms with Gasteiger partial charge in [0.25, 0.3) is 0 Å². The molecule has 0 bridgehead atoms. The average molecular weight is 1770 g/mol. The summed E-state index contributed by atoms with van der Waals surface area (Å²) in [4.78, 5) is 45.4. The molecule has 2 aliphatic rings. The lowest BCUT2D eigenvalue weighted by molar-refractivity contribution is 0.660. The quantitative estimate of drug-likeness (QED) is 0.0879. The van der Waals surface area contributed by atoms with Crippen molar-refractivity contribution in [3.05, 3.63) is 514 Å². The zero-order chi connectivity index (χ0) is 92.9. The van der Waals surface area contributed by atoms with Crippen LogP contribution >= 0.6 is 0 Å². The maximum atomic E-state index is 5.10. The highest BCUT2D eigenvalue weighted by atomic mass is 15.1. The summed E-state index contributed by atoms with van der Waals surface area (Å²) >= 11 is 0. The molecule has 3 aromatic heterocycles. The predicted octanol–water partition coefficient (Wildman–Crippen LogP) is 32.6. The maximum absolute atomic E-state index is 5.10. The van der Waals surface area contributed by atoms with Crippen molar-refractivity contribution in [3.8, 4) is 214 Å². The molecule has 24 rings (SSSR count). The summed E-state index contributed by atoms with van der Waals surface area (Å²) in [6, 6.07) is 171. The van der Waals surface area contributed by atoms with Crippen LogP contribution in [0.5, 0.6) is 0 Å². The summed E-state index contributed by atoms with van der Waals surface area (Å²) in [6.07, 6.45) is 0. The van der Waals surface area contributed by atoms with Crippen molar-refractivity contribution in [1.82, 2.24) is 44.9 Å². The highest BCUT2D eigenvalue weighted by molar-refractivity contribution is 5.95. The van der Waals surface area contributed by atoms with E-state index in [-0.39, 0.29) is 10.8 Å². The third kappa shape index (κ3) is 17.5. The Balaban J connectivity index is 0.000000120. The van der Waals surface area contributed by atoms with Gasteiger partial charge < -0.3 is 0 Å². The first kappa shape index (κ1) is 85.7. The highest BCUT2D eigenvalue weighted by Crippen LogP contribution is 2.54. The van der Waals surface area contributed by atoms with Crippen molar-refractivity contribution in [2.24, 2.45) is 0 Å². The van der Waals surface area contributed by atoms with Crippen molar-refractivity contribution in [3.63, 3.8) is 0 Å². The molecule has 0 atom stereocenters. The number of nitrogens with zero attached hydrogens (tertiary/aromatic N) is 9. The van der Waals surface area contributed by atoms with Gasteiger partial charge in [0.2, 0.25) is 0 Å². The first-order valence-corrected chi connectivity index (χ1v) is 46.9. The number of rotatable bonds is 17. The normalized spacial score (nSPS) is 12.2. The molecule has 19 aromatic carbocycles. The van der Waals surface area contributed by atoms with Gasteiger partial charge in [0.15, 0.2) is 52.4 Å². The van der Waals surface area contributed by atoms with E-state index in [0.29, 0.717) is 52.4 Å². The molecule has 0 saturated carbocycles. The van der Waals surface area contributed by atoms with E-state index in [2.05, 4.69) is 452 Å². The van der Waals surface area contributed by atoms with Gasteiger partial charge in [-0.15, -0.1) is 0 Å². The monoisotopic (exact) mass is 1770 g/mol. The Bertz CT molecular complexity index is 7850. The van der Waals surface area contributed by atoms with E-state index in [1.165, 1.54) is 66.8 Å². The Hall–Kier alpha value is -17.8. The molecule has 3 heterocycles. The van der Waals surface area contributed by atoms with Crippen LogP contribution in [0.15, 0.2) is 491 Å². The summed E-state index contributed by atoms with van der Waals surface area (Å²) < 4.78 is 0. The summed E-state index contributed by atoms with van der Waals surface area (Å²) in [5.74, 6) is 5.81. The van der Waals surface area contributed by atoms with Crippen molar-refractivity contribution in [2.75, 3.05) is 0 Å². The summed E-state index contributed by atoms with van der Waals surface area (Å²) in [6.45, 7) is 9.29. The molecule has 0 unspecified atom stereocenters. The second kappa shape index (κ2) is 37.7. The second-order valence-electron chi connectivity index (χ2n) is 35.9. The Morgan fingerprint density at radius 1 is 0.116 bits per heavy atom. The van der Waals surface area contributed by atoms with Crippen LogP contribution in [0.2, 0.25) is 0 Å². The number of fused-ring (bicyclic) bond motifs is 6. The third-order valence-electron chi connectivity index (χ3n) is 26.4. The smallest absolute Gasteiger partial charge is 0.164 e. The lowest BCUT2D eigenvalue weighted by Crippen LogP contribution is -2.14. The minimum atomic E-state index is -0.0523. The molecule has 0 N–H and O–H groups in total. The Kier molecular flexibility index (Phi) is 23.4. The van der Waals surface area contributed by atoms with Gasteiger partial charge in [-0.25, -0.2) is 44.9 Å². The topological polar surface area (TPSA) is 116 Å². The van der Waals surface area contributed by atoms with Gasteiger partial charge in [0, 0.05) is 60.9 Å². The molecular weight excluding hydrogens is 1680 g/mol. The highest BCUT2D eigenvalue weighted by Gasteiger charge is 2.38. The van der Waals surface area contributed by atoms with Gasteiger partial charge in [0.1, 0.15) is 0 Å². The zero-order valence-corrected chi connectivity index (χ0v) is 76.8. The van der Waals surface area contributed by atoms with Gasteiger partial charge in [0.05, 0.1) is 0 Å². The average Bonchev–Trinajstić information content (AvgIpc) is 1.57. The van der Waals surface area contributed by atoms with E-state index >= 15 is 0 Å². The number of aromatic nitrogens is 9. The van der Waals surface area contributed by atoms with Crippen molar-refractivity contribution < 1.29 is 0 Å². The molecule has 9 nitrogen and oxygen atoms in total. The fourth-order valence-corrected chi connectivity index (χ4v) is 19.3. The minimum Gasteiger partial charge on any atom is -0.208 e. The Morgan fingerprint density at radius 3 is 0.558 bits per heavy atom. The molecule has 2 aliphatic carbocycles. The fraction of sp³-hybridized carbons (Fsp3) is 0.0465. The largest absolute Gasteiger partial charge is 0.208 e. The SMILES string of the molecule is CC1(C)c2ccccc2-c2c(-c3ccc(-c4nc(-c5cccc(-c6ccccc6)c5)nc(-c5cccc(-c6ccccc6)c5)n4)cc3)cccc21.CC1(C)c2ccccc2-c2c(-c3cccc(-c4nc(-c5ccccc5)nc(-c5ccc(-c6ccccc6)cc5)n4)c3)cccc21.c1ccc(-c2cccc(-c3nc(-c4cccc(-c5ccccc5)c4)nc(-c4cccc(-c5ccccc5)c4)n3)c2)cc1. The molecular formula is C129H93N9. The zero-order valence-electron chi connectivity index (χ0n) is 76.8. The molecule has 9 heteroatoms. The molecule has 0 amide bonds. The second-order valence-corrected chi connectivity index (χ2v) is 35.9. The molecule has 0 spiro atoms. The van der Waals surface area contributed by atoms with Crippen LogP contribution in [0.4, 0.5) is 0 Å². The summed E-state index contributed by atoms with van der Waals surface area (Å²) in [7, 11) is 0. The molecule has 654 valence electrons. The van der Waals surface area contributed by atoms with E-state index in [4.69, 9.17) is 44.9 Å². The standard InChI is InChI=1S/C48H35N3.C42H31N3.C39H27N3/c1-48(2)42-24-10-9-22-41(42)44-40(23-13-25-43(44)48)34-26-28-35(29-27-34)45-49-46(38-20-11-18-36(30-38)32-14-5-3-6-15-32)51-47(50-45)39-21-12-19-37(31-39)33-16-7-4-8-17-33;1-42(2)36-21-10-9-19-35(36)38-34(20-12-22-37(38)42)32-17-11-18-33(27-32)41-44-39(30-15-7-4-8-16-30)43-40(45-41)31-25-23-29(24-26-31)28-13-5-3-6-14-28;1-4-13-28(14-5-1)31-19-10-22-34(25-31)37-40-38(35-23-11-20-32(26-35)29-15-6-2-7-16-29)42-39(41-37)36-24-12-21-33(27-36)30-17-8-3-9-18-30/h3-31H,1-2H3;3-27H,1-2H3;1-27H. The molecule has 138 heavy (non-hydrogen) atoms. The van der Waals surface area contributed by atoms with Crippen LogP contribution in [0.25, 0.3) is 214 Å². The predicted molar refractivity (Wildman–Crippen MR) is 567 cm³/mol. The van der Waals surface area contributed by atoms with E-state index in [1.807, 2.05) is 66.7 Å². The molecule has 0 aliphatic heterocycles. The van der Waals surface area contributed by atoms with Crippen LogP contribution in [0.3, 0.4) is 0 Å². The fourth-order valence-electron chi connectivity index (χ4n) is 19.3. The first-order valence-electron chi connectivity index (χ1n) is 46.9. The van der Waals surface area contributed by atoms with Crippen LogP contribution in [-0.4, -0.2) is 44.9 Å². The molecule has 0 radical (unpaired) electrons. The lowest BCUT2D eigenvalue weighted by Gasteiger charge is -2.21. The van der Waals surface area contributed by atoms with Gasteiger partial charge in [-0.05, 0) is 170 Å². The Morgan fingerprint density at radius 2 is 0.275 bits per heavy atom. The molecule has 0 fully saturated rings. The summed E-state index contributed by atoms with van der Waals surface area (Å²) in [5, 5.41) is 0. The van der Waals surface area contributed by atoms with Crippen molar-refractivity contribution in [2.45, 2.75) is 38.5 Å². The first-order chi connectivity index (χ1) is 67.9. The number of hydrogen-bond donors (Lipinski definition) is 0. The van der Waals surface area contributed by atoms with Crippen LogP contribution in [0.1, 0.15) is 49.9 Å². The van der Waals surface area contributed by atoms with Gasteiger partial charge in [-0.3, -0.25) is 0 Å². The summed E-state index contributed by atoms with van der Waals surface area (Å²) in [5.41, 5.74) is 37.6. The third-order valence-corrected chi connectivity index (χ3v) is 26.4. The van der Waals surface area contributed by atoms with Gasteiger partial charge >= 0.3 is 0 Å². The van der Waals surface area contributed by atoms with E-state index in [1.54, 1.807) is 0 Å². The van der Waals surface area contributed by atoms with E-state index in [9.17, 15) is 0 Å². The van der Waals surface area contributed by atoms with Gasteiger partial charge in [-0.2, -0.15) is 0 Å². The number of benzene rings is 19. The van der Waals surface area contributed by atoms with Crippen molar-refractivity contribution in [1.29, 1.82) is 0 Å². The lowest BCUT2D eigenvalue weighted by atomic mass is 9.82. The number of hydrogen-bond acceptors (Lipinski definition) is 9. The van der Waals surface area contributed by atoms with Gasteiger partial charge in [-0.1, -0.05) is 483 Å². The van der Waals surface area contributed by atoms with E-state index < -0.39 is 0 Å².